The Labute approximate surface area is 225 Å². The van der Waals surface area contributed by atoms with Crippen LogP contribution in [-0.4, -0.2) is 41.3 Å². The Morgan fingerprint density at radius 1 is 1.05 bits per heavy atom. The molecule has 0 amide bonds. The molecule has 2 unspecified atom stereocenters. The van der Waals surface area contributed by atoms with Crippen LogP contribution >= 0.6 is 0 Å². The topological polar surface area (TPSA) is 115 Å². The third-order valence-electron chi connectivity index (χ3n) is 8.19. The Morgan fingerprint density at radius 3 is 2.62 bits per heavy atom. The van der Waals surface area contributed by atoms with Crippen molar-refractivity contribution < 1.29 is 14.6 Å². The number of aromatic nitrogens is 5. The Morgan fingerprint density at radius 2 is 1.87 bits per heavy atom. The number of nitrogens with zero attached hydrogens (tertiary/aromatic N) is 6. The third-order valence-corrected chi connectivity index (χ3v) is 8.19. The molecule has 0 bridgehead atoms. The fourth-order valence-corrected chi connectivity index (χ4v) is 5.87. The summed E-state index contributed by atoms with van der Waals surface area (Å²) in [5.74, 6) is 1.30. The van der Waals surface area contributed by atoms with Crippen LogP contribution in [0.2, 0.25) is 0 Å². The standard InChI is InChI=1S/C29H30FN7O2/c1-36-15-32-35-28(36)21-12-19(30)8-9-20(21)18-10-22(16-6-7-16)33-25(11-18)37-14-31-23-13-24(34-26(23)29(37)39)27(38)17-4-2-3-5-17/h8-17,27,29,34,38-39H,2-7H2,1H3. The molecular weight excluding hydrogens is 497 g/mol. The van der Waals surface area contributed by atoms with Gasteiger partial charge in [0.15, 0.2) is 12.1 Å². The van der Waals surface area contributed by atoms with Gasteiger partial charge in [0.25, 0.3) is 0 Å². The lowest BCUT2D eigenvalue weighted by Crippen LogP contribution is -2.30. The van der Waals surface area contributed by atoms with Crippen molar-refractivity contribution in [3.63, 3.8) is 0 Å². The number of nitrogens with one attached hydrogen (secondary N) is 1. The lowest BCUT2D eigenvalue weighted by atomic mass is 9.98. The van der Waals surface area contributed by atoms with Gasteiger partial charge in [-0.05, 0) is 73.1 Å². The van der Waals surface area contributed by atoms with Crippen molar-refractivity contribution in [1.82, 2.24) is 24.7 Å². The van der Waals surface area contributed by atoms with Crippen LogP contribution in [0, 0.1) is 11.7 Å². The molecule has 2 fully saturated rings. The predicted octanol–water partition coefficient (Wildman–Crippen LogP) is 5.28. The molecule has 1 aromatic carbocycles. The average Bonchev–Trinajstić information content (AvgIpc) is 3.28. The van der Waals surface area contributed by atoms with Crippen LogP contribution < -0.4 is 4.90 Å². The van der Waals surface area contributed by atoms with E-state index in [1.165, 1.54) is 12.1 Å². The van der Waals surface area contributed by atoms with Gasteiger partial charge in [-0.1, -0.05) is 18.9 Å². The normalized spacial score (nSPS) is 20.0. The molecule has 3 aliphatic rings. The summed E-state index contributed by atoms with van der Waals surface area (Å²) in [7, 11) is 1.82. The van der Waals surface area contributed by atoms with Crippen LogP contribution in [-0.2, 0) is 7.05 Å². The van der Waals surface area contributed by atoms with Crippen LogP contribution in [0.5, 0.6) is 0 Å². The second-order valence-corrected chi connectivity index (χ2v) is 10.9. The van der Waals surface area contributed by atoms with Crippen molar-refractivity contribution in [2.24, 2.45) is 18.0 Å². The minimum atomic E-state index is -1.05. The zero-order chi connectivity index (χ0) is 26.7. The second-order valence-electron chi connectivity index (χ2n) is 10.9. The van der Waals surface area contributed by atoms with Crippen LogP contribution in [0.3, 0.4) is 0 Å². The van der Waals surface area contributed by atoms with Crippen molar-refractivity contribution in [1.29, 1.82) is 0 Å². The number of hydrogen-bond acceptors (Lipinski definition) is 7. The maximum atomic E-state index is 14.4. The van der Waals surface area contributed by atoms with E-state index in [2.05, 4.69) is 20.2 Å². The maximum absolute atomic E-state index is 14.4. The lowest BCUT2D eigenvalue weighted by molar-refractivity contribution is 0.107. The highest BCUT2D eigenvalue weighted by Crippen LogP contribution is 2.44. The molecule has 2 saturated carbocycles. The molecule has 2 aliphatic carbocycles. The van der Waals surface area contributed by atoms with Crippen molar-refractivity contribution in [3.05, 3.63) is 65.6 Å². The van der Waals surface area contributed by atoms with E-state index >= 15 is 0 Å². The quantitative estimate of drug-likeness (QED) is 0.314. The highest BCUT2D eigenvalue weighted by Gasteiger charge is 2.33. The van der Waals surface area contributed by atoms with Gasteiger partial charge >= 0.3 is 0 Å². The molecule has 4 heterocycles. The molecule has 10 heteroatoms. The molecule has 200 valence electrons. The molecule has 0 saturated heterocycles. The molecule has 39 heavy (non-hydrogen) atoms. The Kier molecular flexibility index (Phi) is 5.82. The smallest absolute Gasteiger partial charge is 0.176 e. The Balaban J connectivity index is 1.27. The van der Waals surface area contributed by atoms with Gasteiger partial charge in [0.2, 0.25) is 0 Å². The van der Waals surface area contributed by atoms with Crippen LogP contribution in [0.15, 0.2) is 47.7 Å². The molecule has 7 rings (SSSR count). The van der Waals surface area contributed by atoms with Gasteiger partial charge in [0.05, 0.1) is 23.8 Å². The van der Waals surface area contributed by atoms with E-state index in [0.717, 1.165) is 55.3 Å². The first-order valence-electron chi connectivity index (χ1n) is 13.5. The van der Waals surface area contributed by atoms with Gasteiger partial charge in [-0.25, -0.2) is 14.4 Å². The summed E-state index contributed by atoms with van der Waals surface area (Å²) in [6, 6.07) is 10.4. The third kappa shape index (κ3) is 4.33. The molecule has 0 spiro atoms. The molecular formula is C29H30FN7O2. The van der Waals surface area contributed by atoms with Gasteiger partial charge in [-0.15, -0.1) is 10.2 Å². The minimum Gasteiger partial charge on any atom is -0.387 e. The van der Waals surface area contributed by atoms with Crippen LogP contribution in [0.1, 0.15) is 73.9 Å². The summed E-state index contributed by atoms with van der Waals surface area (Å²) in [6.07, 6.45) is 7.89. The first-order chi connectivity index (χ1) is 19.0. The average molecular weight is 528 g/mol. The van der Waals surface area contributed by atoms with Crippen LogP contribution in [0.4, 0.5) is 15.9 Å². The largest absolute Gasteiger partial charge is 0.387 e. The van der Waals surface area contributed by atoms with Crippen molar-refractivity contribution in [2.75, 3.05) is 4.90 Å². The number of aliphatic imine (C=N–C) groups is 1. The zero-order valence-electron chi connectivity index (χ0n) is 21.6. The van der Waals surface area contributed by atoms with Crippen molar-refractivity contribution >= 4 is 17.8 Å². The summed E-state index contributed by atoms with van der Waals surface area (Å²) in [6.45, 7) is 0. The number of pyridine rings is 1. The number of aliphatic hydroxyl groups excluding tert-OH is 2. The van der Waals surface area contributed by atoms with Crippen molar-refractivity contribution in [3.8, 4) is 22.5 Å². The monoisotopic (exact) mass is 527 g/mol. The molecule has 3 aromatic heterocycles. The number of benzene rings is 1. The van der Waals surface area contributed by atoms with Crippen molar-refractivity contribution in [2.45, 2.75) is 56.8 Å². The number of aliphatic hydroxyl groups is 2. The first kappa shape index (κ1) is 24.2. The summed E-state index contributed by atoms with van der Waals surface area (Å²) in [5.41, 5.74) is 5.02. The van der Waals surface area contributed by atoms with Gasteiger partial charge < -0.3 is 19.8 Å². The van der Waals surface area contributed by atoms with E-state index < -0.39 is 12.3 Å². The zero-order valence-corrected chi connectivity index (χ0v) is 21.6. The number of H-pyrrole nitrogens is 1. The lowest BCUT2D eigenvalue weighted by Gasteiger charge is -2.28. The van der Waals surface area contributed by atoms with Gasteiger partial charge in [0.1, 0.15) is 18.0 Å². The molecule has 0 radical (unpaired) electrons. The van der Waals surface area contributed by atoms with E-state index in [4.69, 9.17) is 4.98 Å². The van der Waals surface area contributed by atoms with E-state index in [1.54, 1.807) is 28.2 Å². The van der Waals surface area contributed by atoms with E-state index in [1.807, 2.05) is 25.2 Å². The Bertz CT molecular complexity index is 1570. The second kappa shape index (κ2) is 9.39. The summed E-state index contributed by atoms with van der Waals surface area (Å²) in [5, 5.41) is 30.5. The number of rotatable bonds is 6. The highest BCUT2D eigenvalue weighted by atomic mass is 19.1. The number of aromatic amines is 1. The summed E-state index contributed by atoms with van der Waals surface area (Å²) >= 11 is 0. The minimum absolute atomic E-state index is 0.223. The van der Waals surface area contributed by atoms with Gasteiger partial charge in [-0.2, -0.15) is 0 Å². The highest BCUT2D eigenvalue weighted by molar-refractivity contribution is 5.87. The Hall–Kier alpha value is -3.89. The molecule has 3 N–H and O–H groups in total. The van der Waals surface area contributed by atoms with E-state index in [9.17, 15) is 14.6 Å². The fourth-order valence-electron chi connectivity index (χ4n) is 5.87. The summed E-state index contributed by atoms with van der Waals surface area (Å²) < 4.78 is 16.1. The van der Waals surface area contributed by atoms with Gasteiger partial charge in [0, 0.05) is 29.9 Å². The van der Waals surface area contributed by atoms with Gasteiger partial charge in [-0.3, -0.25) is 4.90 Å². The number of anilines is 1. The molecule has 2 atom stereocenters. The number of aryl methyl sites for hydroxylation is 1. The SMILES string of the molecule is Cn1cnnc1-c1cc(F)ccc1-c1cc(C2CC2)nc(N2C=Nc3cc(C(O)C4CCCC4)[nH]c3C2O)c1. The van der Waals surface area contributed by atoms with E-state index in [-0.39, 0.29) is 11.7 Å². The van der Waals surface area contributed by atoms with Crippen LogP contribution in [0.25, 0.3) is 22.5 Å². The maximum Gasteiger partial charge on any atom is 0.176 e. The molecule has 4 aromatic rings. The number of fused-ring (bicyclic) bond motifs is 1. The molecule has 9 nitrogen and oxygen atoms in total. The molecule has 1 aliphatic heterocycles. The predicted molar refractivity (Wildman–Crippen MR) is 145 cm³/mol. The fraction of sp³-hybridized carbons (Fsp3) is 0.379. The first-order valence-corrected chi connectivity index (χ1v) is 13.5. The number of hydrogen-bond donors (Lipinski definition) is 3. The van der Waals surface area contributed by atoms with E-state index in [0.29, 0.717) is 40.2 Å². The summed E-state index contributed by atoms with van der Waals surface area (Å²) in [4.78, 5) is 14.4. The number of halogens is 1.